The van der Waals surface area contributed by atoms with Gasteiger partial charge >= 0.3 is 0 Å². The van der Waals surface area contributed by atoms with Crippen molar-refractivity contribution in [2.45, 2.75) is 70.3 Å². The predicted molar refractivity (Wildman–Crippen MR) is 142 cm³/mol. The van der Waals surface area contributed by atoms with Crippen LogP contribution in [0.25, 0.3) is 10.9 Å². The number of rotatable bonds is 10. The van der Waals surface area contributed by atoms with Crippen LogP contribution >= 0.6 is 0 Å². The van der Waals surface area contributed by atoms with Gasteiger partial charge in [0, 0.05) is 60.0 Å². The number of aromatic amines is 1. The summed E-state index contributed by atoms with van der Waals surface area (Å²) in [6.07, 6.45) is 2.88. The number of hydrogen-bond donors (Lipinski definition) is 1. The molecule has 2 aliphatic heterocycles. The first-order valence-corrected chi connectivity index (χ1v) is 13.6. The topological polar surface area (TPSA) is 31.5 Å². The van der Waals surface area contributed by atoms with Crippen LogP contribution in [0.15, 0.2) is 36.4 Å². The lowest BCUT2D eigenvalue weighted by atomic mass is 9.87. The van der Waals surface area contributed by atoms with Crippen molar-refractivity contribution in [2.24, 2.45) is 0 Å². The van der Waals surface area contributed by atoms with Crippen molar-refractivity contribution in [3.05, 3.63) is 64.9 Å². The zero-order valence-corrected chi connectivity index (χ0v) is 22.4. The number of nitrogens with zero attached hydrogens (tertiary/aromatic N) is 2. The van der Waals surface area contributed by atoms with Gasteiger partial charge in [-0.15, -0.1) is 0 Å². The average molecular weight is 532 g/mol. The lowest BCUT2D eigenvalue weighted by Crippen LogP contribution is -2.53. The molecule has 0 aliphatic carbocycles. The van der Waals surface area contributed by atoms with Gasteiger partial charge < -0.3 is 9.72 Å². The van der Waals surface area contributed by atoms with E-state index >= 15 is 8.78 Å². The highest BCUT2D eigenvalue weighted by Crippen LogP contribution is 2.43. The van der Waals surface area contributed by atoms with Gasteiger partial charge in [-0.2, -0.15) is 0 Å². The maximum absolute atomic E-state index is 15.8. The van der Waals surface area contributed by atoms with Crippen molar-refractivity contribution >= 4 is 10.9 Å². The van der Waals surface area contributed by atoms with Crippen LogP contribution in [0, 0.1) is 11.6 Å². The molecule has 206 valence electrons. The molecule has 0 bridgehead atoms. The molecule has 0 unspecified atom stereocenters. The Morgan fingerprint density at radius 2 is 1.76 bits per heavy atom. The lowest BCUT2D eigenvalue weighted by Gasteiger charge is -2.43. The number of halogens is 4. The van der Waals surface area contributed by atoms with E-state index in [0.717, 1.165) is 35.9 Å². The van der Waals surface area contributed by atoms with Gasteiger partial charge in [-0.3, -0.25) is 14.2 Å². The molecule has 2 atom stereocenters. The van der Waals surface area contributed by atoms with Crippen LogP contribution in [-0.2, 0) is 6.42 Å². The number of hydrogen-bond acceptors (Lipinski definition) is 3. The summed E-state index contributed by atoms with van der Waals surface area (Å²) >= 11 is 0. The molecule has 0 saturated carbocycles. The molecule has 8 heteroatoms. The summed E-state index contributed by atoms with van der Waals surface area (Å²) in [6.45, 7) is 6.94. The van der Waals surface area contributed by atoms with E-state index < -0.39 is 23.3 Å². The van der Waals surface area contributed by atoms with Gasteiger partial charge in [-0.05, 0) is 64.6 Å². The number of para-hydroxylation sites is 1. The summed E-state index contributed by atoms with van der Waals surface area (Å²) in [4.78, 5) is 7.46. The highest BCUT2D eigenvalue weighted by atomic mass is 19.1. The Balaban J connectivity index is 1.41. The molecule has 2 aliphatic rings. The minimum absolute atomic E-state index is 0.0357. The van der Waals surface area contributed by atoms with Crippen LogP contribution in [0.5, 0.6) is 5.75 Å². The molecule has 0 radical (unpaired) electrons. The summed E-state index contributed by atoms with van der Waals surface area (Å²) in [6, 6.07) is 9.42. The number of ether oxygens (including phenoxy) is 1. The molecule has 1 aromatic heterocycles. The Bertz CT molecular complexity index is 1240. The molecule has 0 spiro atoms. The molecule has 1 N–H and O–H groups in total. The highest BCUT2D eigenvalue weighted by Gasteiger charge is 2.41. The zero-order chi connectivity index (χ0) is 27.0. The Labute approximate surface area is 222 Å². The monoisotopic (exact) mass is 531 g/mol. The number of H-pyrrole nitrogens is 1. The number of nitrogens with one attached hydrogen (secondary N) is 1. The minimum Gasteiger partial charge on any atom is -0.488 e. The quantitative estimate of drug-likeness (QED) is 0.232. The average Bonchev–Trinajstić information content (AvgIpc) is 3.18. The maximum atomic E-state index is 15.8. The van der Waals surface area contributed by atoms with Crippen LogP contribution in [0.2, 0.25) is 0 Å². The minimum atomic E-state index is -1.55. The molecular formula is C30H37F4N3O. The Morgan fingerprint density at radius 3 is 2.45 bits per heavy atom. The van der Waals surface area contributed by atoms with Crippen LogP contribution in [0.1, 0.15) is 62.9 Å². The van der Waals surface area contributed by atoms with Gasteiger partial charge in [-0.1, -0.05) is 18.2 Å². The van der Waals surface area contributed by atoms with E-state index in [1.165, 1.54) is 26.0 Å². The third kappa shape index (κ3) is 5.57. The fourth-order valence-corrected chi connectivity index (χ4v) is 5.97. The largest absolute Gasteiger partial charge is 0.488 e. The van der Waals surface area contributed by atoms with E-state index in [0.29, 0.717) is 31.6 Å². The van der Waals surface area contributed by atoms with Gasteiger partial charge in [0.2, 0.25) is 0 Å². The van der Waals surface area contributed by atoms with Crippen LogP contribution in [0.4, 0.5) is 17.6 Å². The maximum Gasteiger partial charge on any atom is 0.135 e. The number of fused-ring (bicyclic) bond motifs is 3. The standard InChI is InChI=1S/C30H37F4N3O/c1-19-13-23-22-9-5-6-10-26(22)35-28(23)29(37(19)18-30(2,3)34)27-24(32)14-20(15-25(27)33)38-21-16-36(17-21)12-8-4-7-11-31/h5-6,9-10,14-15,19,21,29,35H,4,7-8,11-13,16-18H2,1-3H3/t19-,29-/m1/s1. The molecular weight excluding hydrogens is 494 g/mol. The van der Waals surface area contributed by atoms with E-state index in [1.807, 2.05) is 36.1 Å². The number of aromatic nitrogens is 1. The molecule has 1 fully saturated rings. The zero-order valence-electron chi connectivity index (χ0n) is 22.4. The van der Waals surface area contributed by atoms with E-state index in [9.17, 15) is 8.78 Å². The molecule has 3 aromatic rings. The molecule has 5 rings (SSSR count). The van der Waals surface area contributed by atoms with Crippen molar-refractivity contribution < 1.29 is 22.3 Å². The number of alkyl halides is 2. The third-order valence-corrected chi connectivity index (χ3v) is 7.74. The van der Waals surface area contributed by atoms with Crippen molar-refractivity contribution in [3.8, 4) is 5.75 Å². The van der Waals surface area contributed by atoms with Gasteiger partial charge in [0.25, 0.3) is 0 Å². The molecule has 38 heavy (non-hydrogen) atoms. The molecule has 3 heterocycles. The Morgan fingerprint density at radius 1 is 1.05 bits per heavy atom. The fourth-order valence-electron chi connectivity index (χ4n) is 5.97. The Kier molecular flexibility index (Phi) is 7.74. The summed E-state index contributed by atoms with van der Waals surface area (Å²) in [7, 11) is 0. The second-order valence-electron chi connectivity index (χ2n) is 11.5. The van der Waals surface area contributed by atoms with E-state index in [2.05, 4.69) is 9.88 Å². The SMILES string of the molecule is C[C@@H]1Cc2c([nH]c3ccccc23)[C@@H](c2c(F)cc(OC3CN(CCCCCF)C3)cc2F)N1CC(C)(C)F. The van der Waals surface area contributed by atoms with E-state index in [4.69, 9.17) is 4.74 Å². The number of likely N-dealkylation sites (tertiary alicyclic amines) is 1. The summed E-state index contributed by atoms with van der Waals surface area (Å²) in [5.74, 6) is -1.25. The normalized spacial score (nSPS) is 21.0. The first-order chi connectivity index (χ1) is 18.1. The third-order valence-electron chi connectivity index (χ3n) is 7.74. The number of benzene rings is 2. The molecule has 1 saturated heterocycles. The molecule has 4 nitrogen and oxygen atoms in total. The van der Waals surface area contributed by atoms with Gasteiger partial charge in [0.05, 0.1) is 12.7 Å². The van der Waals surface area contributed by atoms with Gasteiger partial charge in [-0.25, -0.2) is 13.2 Å². The smallest absolute Gasteiger partial charge is 0.135 e. The second-order valence-corrected chi connectivity index (χ2v) is 11.5. The van der Waals surface area contributed by atoms with Crippen molar-refractivity contribution in [1.82, 2.24) is 14.8 Å². The summed E-state index contributed by atoms with van der Waals surface area (Å²) in [5.41, 5.74) is 0.988. The van der Waals surface area contributed by atoms with Crippen LogP contribution in [0.3, 0.4) is 0 Å². The van der Waals surface area contributed by atoms with Crippen molar-refractivity contribution in [1.29, 1.82) is 0 Å². The first kappa shape index (κ1) is 27.0. The van der Waals surface area contributed by atoms with Crippen molar-refractivity contribution in [3.63, 3.8) is 0 Å². The second kappa shape index (κ2) is 10.9. The van der Waals surface area contributed by atoms with E-state index in [-0.39, 0.29) is 36.7 Å². The Hall–Kier alpha value is -2.58. The lowest BCUT2D eigenvalue weighted by molar-refractivity contribution is 0.0185. The van der Waals surface area contributed by atoms with E-state index in [1.54, 1.807) is 0 Å². The fraction of sp³-hybridized carbons (Fsp3) is 0.533. The predicted octanol–water partition coefficient (Wildman–Crippen LogP) is 6.73. The summed E-state index contributed by atoms with van der Waals surface area (Å²) < 4.78 is 64.6. The number of unbranched alkanes of at least 4 members (excludes halogenated alkanes) is 2. The van der Waals surface area contributed by atoms with Gasteiger partial charge in [0.1, 0.15) is 29.2 Å². The van der Waals surface area contributed by atoms with Crippen LogP contribution < -0.4 is 4.74 Å². The first-order valence-electron chi connectivity index (χ1n) is 13.6. The molecule has 0 amide bonds. The molecule has 2 aromatic carbocycles. The van der Waals surface area contributed by atoms with Crippen LogP contribution in [-0.4, -0.2) is 65.5 Å². The highest BCUT2D eigenvalue weighted by molar-refractivity contribution is 5.85. The summed E-state index contributed by atoms with van der Waals surface area (Å²) in [5, 5.41) is 1.03. The van der Waals surface area contributed by atoms with Crippen molar-refractivity contribution in [2.75, 3.05) is 32.9 Å². The van der Waals surface area contributed by atoms with Gasteiger partial charge in [0.15, 0.2) is 0 Å².